The second-order valence-electron chi connectivity index (χ2n) is 5.92. The van der Waals surface area contributed by atoms with Crippen LogP contribution in [0.3, 0.4) is 0 Å². The Bertz CT molecular complexity index is 349. The molecule has 0 aromatic carbocycles. The Balaban J connectivity index is 2.56. The maximum absolute atomic E-state index is 11.7. The molecule has 0 aromatic heterocycles. The summed E-state index contributed by atoms with van der Waals surface area (Å²) in [5.74, 6) is -0.594. The Hall–Kier alpha value is -1.30. The van der Waals surface area contributed by atoms with Crippen LogP contribution in [0.15, 0.2) is 0 Å². The number of amides is 1. The van der Waals surface area contributed by atoms with Crippen LogP contribution in [0.5, 0.6) is 0 Å². The first-order valence-electron chi connectivity index (χ1n) is 6.39. The summed E-state index contributed by atoms with van der Waals surface area (Å²) in [5, 5.41) is 12.0. The number of ether oxygens (including phenoxy) is 2. The second-order valence-corrected chi connectivity index (χ2v) is 5.92. The highest BCUT2D eigenvalue weighted by Crippen LogP contribution is 2.48. The largest absolute Gasteiger partial charge is 0.469 e. The van der Waals surface area contributed by atoms with Gasteiger partial charge in [0.2, 0.25) is 0 Å². The molecule has 0 radical (unpaired) electrons. The van der Waals surface area contributed by atoms with Crippen molar-refractivity contribution in [2.24, 2.45) is 17.8 Å². The second kappa shape index (κ2) is 5.77. The van der Waals surface area contributed by atoms with Crippen molar-refractivity contribution in [1.29, 1.82) is 0 Å². The lowest BCUT2D eigenvalue weighted by atomic mass is 10.1. The number of nitrogens with one attached hydrogen (secondary N) is 1. The van der Waals surface area contributed by atoms with Gasteiger partial charge in [0.05, 0.1) is 25.7 Å². The molecule has 0 aromatic rings. The number of aliphatic hydroxyl groups is 1. The molecule has 6 nitrogen and oxygen atoms in total. The molecule has 110 valence electrons. The summed E-state index contributed by atoms with van der Waals surface area (Å²) in [6.45, 7) is 6.94. The summed E-state index contributed by atoms with van der Waals surface area (Å²) >= 11 is 0. The minimum absolute atomic E-state index is 0.0829. The summed E-state index contributed by atoms with van der Waals surface area (Å²) in [5.41, 5.74) is -0.596. The van der Waals surface area contributed by atoms with Crippen molar-refractivity contribution in [2.75, 3.05) is 13.7 Å². The van der Waals surface area contributed by atoms with Crippen LogP contribution in [0, 0.1) is 17.8 Å². The minimum atomic E-state index is -0.596. The molecule has 1 aliphatic carbocycles. The van der Waals surface area contributed by atoms with Gasteiger partial charge in [-0.1, -0.05) is 6.92 Å². The van der Waals surface area contributed by atoms with Crippen molar-refractivity contribution in [1.82, 2.24) is 5.32 Å². The molecule has 4 atom stereocenters. The van der Waals surface area contributed by atoms with Crippen LogP contribution >= 0.6 is 0 Å². The maximum Gasteiger partial charge on any atom is 0.407 e. The molecule has 3 unspecified atom stereocenters. The zero-order valence-electron chi connectivity index (χ0n) is 12.1. The fourth-order valence-electron chi connectivity index (χ4n) is 2.34. The quantitative estimate of drug-likeness (QED) is 0.744. The Kier molecular flexibility index (Phi) is 4.79. The first kappa shape index (κ1) is 15.8. The summed E-state index contributed by atoms with van der Waals surface area (Å²) in [6.07, 6.45) is -0.589. The average Bonchev–Trinajstić information content (AvgIpc) is 2.94. The Morgan fingerprint density at radius 1 is 1.37 bits per heavy atom. The molecule has 19 heavy (non-hydrogen) atoms. The van der Waals surface area contributed by atoms with Gasteiger partial charge in [0, 0.05) is 0 Å². The molecule has 0 spiro atoms. The molecule has 1 saturated carbocycles. The molecule has 0 aliphatic heterocycles. The van der Waals surface area contributed by atoms with Crippen molar-refractivity contribution in [3.63, 3.8) is 0 Å². The predicted molar refractivity (Wildman–Crippen MR) is 68.4 cm³/mol. The van der Waals surface area contributed by atoms with Crippen LogP contribution in [0.25, 0.3) is 0 Å². The zero-order chi connectivity index (χ0) is 14.8. The van der Waals surface area contributed by atoms with Gasteiger partial charge in [-0.25, -0.2) is 4.79 Å². The van der Waals surface area contributed by atoms with E-state index in [1.54, 1.807) is 20.8 Å². The lowest BCUT2D eigenvalue weighted by molar-refractivity contribution is -0.142. The van der Waals surface area contributed by atoms with E-state index >= 15 is 0 Å². The summed E-state index contributed by atoms with van der Waals surface area (Å²) in [4.78, 5) is 23.1. The first-order chi connectivity index (χ1) is 8.71. The van der Waals surface area contributed by atoms with E-state index < -0.39 is 17.7 Å². The SMILES string of the molecule is COC(=O)C1C(C)C1[C@@H](CO)NC(=O)OC(C)(C)C. The number of alkyl carbamates (subject to hydrolysis) is 1. The van der Waals surface area contributed by atoms with E-state index in [-0.39, 0.29) is 30.3 Å². The number of rotatable bonds is 4. The molecule has 1 aliphatic rings. The van der Waals surface area contributed by atoms with Gasteiger partial charge in [-0.2, -0.15) is 0 Å². The molecule has 1 amide bonds. The Morgan fingerprint density at radius 2 is 1.95 bits per heavy atom. The zero-order valence-corrected chi connectivity index (χ0v) is 12.1. The number of carbonyl (C=O) groups excluding carboxylic acids is 2. The van der Waals surface area contributed by atoms with Crippen LogP contribution < -0.4 is 5.32 Å². The van der Waals surface area contributed by atoms with Gasteiger partial charge in [-0.3, -0.25) is 4.79 Å². The van der Waals surface area contributed by atoms with E-state index in [4.69, 9.17) is 9.47 Å². The van der Waals surface area contributed by atoms with Crippen LogP contribution in [-0.4, -0.2) is 42.5 Å². The van der Waals surface area contributed by atoms with Crippen LogP contribution in [0.4, 0.5) is 4.79 Å². The fraction of sp³-hybridized carbons (Fsp3) is 0.846. The summed E-state index contributed by atoms with van der Waals surface area (Å²) < 4.78 is 9.82. The van der Waals surface area contributed by atoms with E-state index in [0.29, 0.717) is 0 Å². The minimum Gasteiger partial charge on any atom is -0.469 e. The third-order valence-electron chi connectivity index (χ3n) is 3.28. The van der Waals surface area contributed by atoms with E-state index in [2.05, 4.69) is 5.32 Å². The third kappa shape index (κ3) is 4.09. The predicted octanol–water partition coefficient (Wildman–Crippen LogP) is 0.927. The van der Waals surface area contributed by atoms with Gasteiger partial charge >= 0.3 is 12.1 Å². The van der Waals surface area contributed by atoms with Gasteiger partial charge < -0.3 is 19.9 Å². The smallest absolute Gasteiger partial charge is 0.407 e. The monoisotopic (exact) mass is 273 g/mol. The van der Waals surface area contributed by atoms with Gasteiger partial charge in [0.1, 0.15) is 5.60 Å². The number of esters is 1. The van der Waals surface area contributed by atoms with Crippen molar-refractivity contribution in [3.05, 3.63) is 0 Å². The van der Waals surface area contributed by atoms with Crippen LogP contribution in [0.1, 0.15) is 27.7 Å². The normalized spacial score (nSPS) is 27.4. The first-order valence-corrected chi connectivity index (χ1v) is 6.39. The molecule has 1 fully saturated rings. The third-order valence-corrected chi connectivity index (χ3v) is 3.28. The lowest BCUT2D eigenvalue weighted by Gasteiger charge is -2.23. The maximum atomic E-state index is 11.7. The molecular formula is C13H23NO5. The fourth-order valence-corrected chi connectivity index (χ4v) is 2.34. The Morgan fingerprint density at radius 3 is 2.37 bits per heavy atom. The van der Waals surface area contributed by atoms with Crippen molar-refractivity contribution < 1.29 is 24.2 Å². The van der Waals surface area contributed by atoms with Gasteiger partial charge in [0.25, 0.3) is 0 Å². The van der Waals surface area contributed by atoms with Crippen molar-refractivity contribution >= 4 is 12.1 Å². The highest BCUT2D eigenvalue weighted by molar-refractivity contribution is 5.77. The van der Waals surface area contributed by atoms with E-state index in [0.717, 1.165) is 0 Å². The molecule has 0 heterocycles. The summed E-state index contributed by atoms with van der Waals surface area (Å²) in [7, 11) is 1.33. The van der Waals surface area contributed by atoms with Crippen LogP contribution in [-0.2, 0) is 14.3 Å². The lowest BCUT2D eigenvalue weighted by Crippen LogP contribution is -2.43. The van der Waals surface area contributed by atoms with Crippen molar-refractivity contribution in [3.8, 4) is 0 Å². The molecule has 2 N–H and O–H groups in total. The highest BCUT2D eigenvalue weighted by Gasteiger charge is 2.56. The molecule has 1 rings (SSSR count). The van der Waals surface area contributed by atoms with E-state index in [1.807, 2.05) is 6.92 Å². The van der Waals surface area contributed by atoms with Gasteiger partial charge in [0.15, 0.2) is 0 Å². The number of methoxy groups -OCH3 is 1. The molecule has 0 saturated heterocycles. The van der Waals surface area contributed by atoms with Crippen LogP contribution in [0.2, 0.25) is 0 Å². The topological polar surface area (TPSA) is 84.9 Å². The number of aliphatic hydroxyl groups excluding tert-OH is 1. The molecule has 6 heteroatoms. The van der Waals surface area contributed by atoms with Gasteiger partial charge in [-0.05, 0) is 32.6 Å². The van der Waals surface area contributed by atoms with Gasteiger partial charge in [-0.15, -0.1) is 0 Å². The molecule has 0 bridgehead atoms. The number of carbonyl (C=O) groups is 2. The Labute approximate surface area is 113 Å². The summed E-state index contributed by atoms with van der Waals surface area (Å²) in [6, 6.07) is -0.492. The number of hydrogen-bond acceptors (Lipinski definition) is 5. The van der Waals surface area contributed by atoms with E-state index in [1.165, 1.54) is 7.11 Å². The average molecular weight is 273 g/mol. The standard InChI is InChI=1S/C13H23NO5/c1-7-9(10(7)11(16)18-5)8(6-15)14-12(17)19-13(2,3)4/h7-10,15H,6H2,1-5H3,(H,14,17)/t7?,8-,9?,10?/m1/s1. The highest BCUT2D eigenvalue weighted by atomic mass is 16.6. The van der Waals surface area contributed by atoms with E-state index in [9.17, 15) is 14.7 Å². The van der Waals surface area contributed by atoms with Crippen molar-refractivity contribution in [2.45, 2.75) is 39.3 Å². The molecular weight excluding hydrogens is 250 g/mol. The number of hydrogen-bond donors (Lipinski definition) is 2.